The number of hydrogen-bond donors (Lipinski definition) is 2. The third-order valence-corrected chi connectivity index (χ3v) is 5.60. The van der Waals surface area contributed by atoms with Crippen LogP contribution in [0.15, 0.2) is 42.7 Å². The summed E-state index contributed by atoms with van der Waals surface area (Å²) in [6.45, 7) is 1.86. The predicted octanol–water partition coefficient (Wildman–Crippen LogP) is 3.86. The Hall–Kier alpha value is -3.13. The van der Waals surface area contributed by atoms with Crippen LogP contribution in [-0.2, 0) is 0 Å². The summed E-state index contributed by atoms with van der Waals surface area (Å²) in [4.78, 5) is 8.56. The van der Waals surface area contributed by atoms with Crippen molar-refractivity contribution in [2.24, 2.45) is 0 Å². The monoisotopic (exact) mass is 423 g/mol. The Morgan fingerprint density at radius 1 is 1.10 bits per heavy atom. The van der Waals surface area contributed by atoms with E-state index in [-0.39, 0.29) is 17.7 Å². The Morgan fingerprint density at radius 3 is 2.68 bits per heavy atom. The Balaban J connectivity index is 1.50. The molecule has 1 unspecified atom stereocenters. The minimum atomic E-state index is -1.03. The number of alkyl halides is 1. The van der Waals surface area contributed by atoms with Gasteiger partial charge in [0, 0.05) is 35.9 Å². The Bertz CT molecular complexity index is 1030. The van der Waals surface area contributed by atoms with Gasteiger partial charge in [-0.25, -0.2) is 9.37 Å². The van der Waals surface area contributed by atoms with Crippen molar-refractivity contribution in [1.82, 2.24) is 25.5 Å². The van der Waals surface area contributed by atoms with Crippen LogP contribution in [0.3, 0.4) is 0 Å². The molecule has 31 heavy (non-hydrogen) atoms. The Morgan fingerprint density at radius 2 is 1.97 bits per heavy atom. The standard InChI is InChI=1S/C23H26FN5O2/c1-14-12-26-13-20(27-14)15-6-7-17(21(30)10-15)19-8-9-23(29-28-19)31-22-11-16(25-2)4-3-5-18(22)24/h6-10,12-13,16,18,22,25,30H,3-5,11H2,1-2H3/t16?,18-,22+/m1/s1. The number of phenols is 1. The van der Waals surface area contributed by atoms with Crippen molar-refractivity contribution >= 4 is 0 Å². The van der Waals surface area contributed by atoms with Gasteiger partial charge in [0.2, 0.25) is 5.88 Å². The molecule has 3 atom stereocenters. The molecule has 2 N–H and O–H groups in total. The van der Waals surface area contributed by atoms with E-state index in [9.17, 15) is 9.50 Å². The topological polar surface area (TPSA) is 93.0 Å². The lowest BCUT2D eigenvalue weighted by Crippen LogP contribution is -2.35. The molecule has 7 nitrogen and oxygen atoms in total. The van der Waals surface area contributed by atoms with Gasteiger partial charge in [0.05, 0.1) is 23.3 Å². The zero-order valence-electron chi connectivity index (χ0n) is 17.6. The minimum Gasteiger partial charge on any atom is -0.507 e. The fourth-order valence-corrected chi connectivity index (χ4v) is 3.87. The molecule has 3 aromatic rings. The van der Waals surface area contributed by atoms with Crippen molar-refractivity contribution in [2.75, 3.05) is 7.05 Å². The molecular formula is C23H26FN5O2. The second kappa shape index (κ2) is 9.34. The highest BCUT2D eigenvalue weighted by Gasteiger charge is 2.29. The number of nitrogens with one attached hydrogen (secondary N) is 1. The minimum absolute atomic E-state index is 0.0632. The fourth-order valence-electron chi connectivity index (χ4n) is 3.87. The molecule has 1 aliphatic rings. The second-order valence-corrected chi connectivity index (χ2v) is 7.86. The maximum absolute atomic E-state index is 14.5. The summed E-state index contributed by atoms with van der Waals surface area (Å²) in [7, 11) is 1.89. The number of aromatic hydroxyl groups is 1. The van der Waals surface area contributed by atoms with Crippen molar-refractivity contribution in [3.8, 4) is 34.1 Å². The van der Waals surface area contributed by atoms with E-state index in [4.69, 9.17) is 4.74 Å². The van der Waals surface area contributed by atoms with Crippen LogP contribution in [-0.4, -0.2) is 50.6 Å². The molecule has 0 radical (unpaired) electrons. The average molecular weight is 423 g/mol. The number of halogens is 1. The van der Waals surface area contributed by atoms with Crippen LogP contribution < -0.4 is 10.1 Å². The molecule has 0 spiro atoms. The lowest BCUT2D eigenvalue weighted by molar-refractivity contribution is 0.0837. The summed E-state index contributed by atoms with van der Waals surface area (Å²) in [5.41, 5.74) is 3.27. The SMILES string of the molecule is CNC1CCC[C@@H](F)[C@@H](Oc2ccc(-c3ccc(-c4cncc(C)n4)cc3O)nn2)C1. The smallest absolute Gasteiger partial charge is 0.233 e. The van der Waals surface area contributed by atoms with E-state index in [2.05, 4.69) is 25.5 Å². The van der Waals surface area contributed by atoms with Crippen molar-refractivity contribution in [1.29, 1.82) is 0 Å². The summed E-state index contributed by atoms with van der Waals surface area (Å²) < 4.78 is 20.3. The van der Waals surface area contributed by atoms with Gasteiger partial charge < -0.3 is 15.2 Å². The van der Waals surface area contributed by atoms with Crippen molar-refractivity contribution in [2.45, 2.75) is 50.9 Å². The normalized spacial score (nSPS) is 21.5. The van der Waals surface area contributed by atoms with Crippen LogP contribution in [0.2, 0.25) is 0 Å². The number of benzene rings is 1. The van der Waals surface area contributed by atoms with Crippen molar-refractivity contribution < 1.29 is 14.2 Å². The van der Waals surface area contributed by atoms with Gasteiger partial charge >= 0.3 is 0 Å². The van der Waals surface area contributed by atoms with Gasteiger partial charge in [-0.15, -0.1) is 10.2 Å². The van der Waals surface area contributed by atoms with Gasteiger partial charge in [0.1, 0.15) is 18.0 Å². The average Bonchev–Trinajstić information content (AvgIpc) is 2.95. The molecule has 2 aromatic heterocycles. The highest BCUT2D eigenvalue weighted by atomic mass is 19.1. The van der Waals surface area contributed by atoms with E-state index in [1.54, 1.807) is 36.7 Å². The summed E-state index contributed by atoms with van der Waals surface area (Å²) in [5, 5.41) is 22.0. The van der Waals surface area contributed by atoms with Crippen molar-refractivity contribution in [3.63, 3.8) is 0 Å². The second-order valence-electron chi connectivity index (χ2n) is 7.86. The summed E-state index contributed by atoms with van der Waals surface area (Å²) >= 11 is 0. The molecule has 1 fully saturated rings. The molecule has 2 heterocycles. The Kier molecular flexibility index (Phi) is 6.36. The van der Waals surface area contributed by atoms with Gasteiger partial charge in [0.25, 0.3) is 0 Å². The predicted molar refractivity (Wildman–Crippen MR) is 116 cm³/mol. The van der Waals surface area contributed by atoms with Crippen LogP contribution in [0, 0.1) is 6.92 Å². The summed E-state index contributed by atoms with van der Waals surface area (Å²) in [5.74, 6) is 0.340. The van der Waals surface area contributed by atoms with Crippen LogP contribution in [0.4, 0.5) is 4.39 Å². The highest BCUT2D eigenvalue weighted by molar-refractivity contribution is 5.72. The number of nitrogens with zero attached hydrogens (tertiary/aromatic N) is 4. The molecule has 0 aliphatic heterocycles. The number of aryl methyl sites for hydroxylation is 1. The molecule has 1 aliphatic carbocycles. The van der Waals surface area contributed by atoms with Crippen molar-refractivity contribution in [3.05, 3.63) is 48.4 Å². The third kappa shape index (κ3) is 4.96. The van der Waals surface area contributed by atoms with Crippen LogP contribution in [0.25, 0.3) is 22.5 Å². The maximum Gasteiger partial charge on any atom is 0.233 e. The largest absolute Gasteiger partial charge is 0.507 e. The van der Waals surface area contributed by atoms with Gasteiger partial charge in [-0.3, -0.25) is 4.98 Å². The van der Waals surface area contributed by atoms with E-state index < -0.39 is 12.3 Å². The number of ether oxygens (including phenoxy) is 1. The van der Waals surface area contributed by atoms with E-state index in [0.29, 0.717) is 29.8 Å². The van der Waals surface area contributed by atoms with E-state index in [1.165, 1.54) is 0 Å². The van der Waals surface area contributed by atoms with Gasteiger partial charge in [-0.1, -0.05) is 6.07 Å². The van der Waals surface area contributed by atoms with Crippen LogP contribution in [0.1, 0.15) is 31.4 Å². The summed E-state index contributed by atoms with van der Waals surface area (Å²) in [6, 6.07) is 8.84. The number of hydrogen-bond acceptors (Lipinski definition) is 7. The van der Waals surface area contributed by atoms with Gasteiger partial charge in [-0.2, -0.15) is 0 Å². The molecule has 8 heteroatoms. The van der Waals surface area contributed by atoms with Gasteiger partial charge in [-0.05, 0) is 51.4 Å². The first kappa shape index (κ1) is 21.1. The first-order valence-corrected chi connectivity index (χ1v) is 10.5. The number of rotatable bonds is 5. The molecule has 4 rings (SSSR count). The first-order chi connectivity index (χ1) is 15.0. The molecule has 0 bridgehead atoms. The van der Waals surface area contributed by atoms with Crippen LogP contribution in [0.5, 0.6) is 11.6 Å². The van der Waals surface area contributed by atoms with Gasteiger partial charge in [0.15, 0.2) is 0 Å². The molecular weight excluding hydrogens is 397 g/mol. The Labute approximate surface area is 180 Å². The molecule has 1 saturated carbocycles. The quantitative estimate of drug-likeness (QED) is 0.602. The zero-order chi connectivity index (χ0) is 21.8. The lowest BCUT2D eigenvalue weighted by atomic mass is 10.1. The summed E-state index contributed by atoms with van der Waals surface area (Å²) in [6.07, 6.45) is 4.59. The molecule has 0 amide bonds. The molecule has 1 aromatic carbocycles. The third-order valence-electron chi connectivity index (χ3n) is 5.60. The highest BCUT2D eigenvalue weighted by Crippen LogP contribution is 2.32. The van der Waals surface area contributed by atoms with E-state index in [0.717, 1.165) is 24.1 Å². The maximum atomic E-state index is 14.5. The fraction of sp³-hybridized carbons (Fsp3) is 0.391. The first-order valence-electron chi connectivity index (χ1n) is 10.5. The number of aromatic nitrogens is 4. The van der Waals surface area contributed by atoms with Crippen LogP contribution >= 0.6 is 0 Å². The molecule has 162 valence electrons. The number of phenolic OH excluding ortho intramolecular Hbond substituents is 1. The van der Waals surface area contributed by atoms with E-state index in [1.807, 2.05) is 20.0 Å². The zero-order valence-corrected chi connectivity index (χ0v) is 17.6. The van der Waals surface area contributed by atoms with E-state index >= 15 is 0 Å². The molecule has 0 saturated heterocycles. The lowest BCUT2D eigenvalue weighted by Gasteiger charge is -2.22.